The van der Waals surface area contributed by atoms with Crippen molar-refractivity contribution in [3.8, 4) is 0 Å². The van der Waals surface area contributed by atoms with E-state index in [2.05, 4.69) is 4.90 Å². The Hall–Kier alpha value is -1.23. The minimum atomic E-state index is -3.52. The number of nitrogens with zero attached hydrogens (tertiary/aromatic N) is 4. The fourth-order valence-corrected chi connectivity index (χ4v) is 4.98. The highest BCUT2D eigenvalue weighted by atomic mass is 32.2. The molecule has 2 rings (SSSR count). The van der Waals surface area contributed by atoms with Gasteiger partial charge in [-0.05, 0) is 19.9 Å². The Labute approximate surface area is 149 Å². The summed E-state index contributed by atoms with van der Waals surface area (Å²) in [5.74, 6) is -1.21. The van der Waals surface area contributed by atoms with E-state index >= 15 is 0 Å². The normalized spacial score (nSPS) is 27.0. The van der Waals surface area contributed by atoms with E-state index in [1.807, 2.05) is 7.05 Å². The van der Waals surface area contributed by atoms with Crippen LogP contribution >= 0.6 is 0 Å². The van der Waals surface area contributed by atoms with Crippen LogP contribution in [0.25, 0.3) is 0 Å². The molecule has 1 spiro atoms. The second-order valence-corrected chi connectivity index (χ2v) is 8.90. The lowest BCUT2D eigenvalue weighted by atomic mass is 9.87. The van der Waals surface area contributed by atoms with Gasteiger partial charge in [-0.25, -0.2) is 0 Å². The smallest absolute Gasteiger partial charge is 0.323 e. The first kappa shape index (κ1) is 20.1. The maximum atomic E-state index is 12.7. The number of aliphatic carboxylic acids is 1. The molecule has 1 atom stereocenters. The molecule has 0 aliphatic carbocycles. The summed E-state index contributed by atoms with van der Waals surface area (Å²) >= 11 is 0. The number of carbonyl (C=O) groups excluding carboxylic acids is 1. The molecule has 2 aliphatic rings. The van der Waals surface area contributed by atoms with Crippen molar-refractivity contribution in [1.82, 2.24) is 18.4 Å². The van der Waals surface area contributed by atoms with Gasteiger partial charge in [-0.1, -0.05) is 6.92 Å². The molecule has 2 saturated heterocycles. The predicted octanol–water partition coefficient (Wildman–Crippen LogP) is -0.734. The lowest BCUT2D eigenvalue weighted by Gasteiger charge is -2.49. The number of carboxylic acid groups (broad SMARTS) is 1. The zero-order chi connectivity index (χ0) is 18.8. The number of carboxylic acids is 1. The first-order valence-electron chi connectivity index (χ1n) is 8.54. The molecule has 0 bridgehead atoms. The summed E-state index contributed by atoms with van der Waals surface area (Å²) in [4.78, 5) is 26.7. The van der Waals surface area contributed by atoms with Crippen LogP contribution in [0.4, 0.5) is 0 Å². The van der Waals surface area contributed by atoms with E-state index in [9.17, 15) is 18.0 Å². The molecule has 0 aromatic carbocycles. The minimum absolute atomic E-state index is 0.182. The van der Waals surface area contributed by atoms with Crippen LogP contribution in [0.5, 0.6) is 0 Å². The van der Waals surface area contributed by atoms with Gasteiger partial charge in [0.25, 0.3) is 10.2 Å². The lowest BCUT2D eigenvalue weighted by Crippen LogP contribution is -2.63. The molecule has 0 aromatic heterocycles. The third kappa shape index (κ3) is 4.13. The summed E-state index contributed by atoms with van der Waals surface area (Å²) in [6, 6.07) is 0. The summed E-state index contributed by atoms with van der Waals surface area (Å²) < 4.78 is 28.2. The van der Waals surface area contributed by atoms with Crippen LogP contribution in [0.2, 0.25) is 0 Å². The number of carbonyl (C=O) groups is 2. The van der Waals surface area contributed by atoms with Crippen molar-refractivity contribution in [3.63, 3.8) is 0 Å². The Balaban J connectivity index is 2.20. The molecule has 10 heteroatoms. The molecule has 9 nitrogen and oxygen atoms in total. The number of hydrogen-bond donors (Lipinski definition) is 1. The number of amides is 1. The standard InChI is InChI=1S/C15H28N4O5S/c1-4-17(3)25(23,24)19-10-9-16(2)15(12-19)6-5-13(20)18(8-7-15)11-14(21)22/h4-12H2,1-3H3,(H,21,22). The topological polar surface area (TPSA) is 101 Å². The van der Waals surface area contributed by atoms with Gasteiger partial charge >= 0.3 is 5.97 Å². The molecular formula is C15H28N4O5S. The third-order valence-corrected chi connectivity index (χ3v) is 7.47. The highest BCUT2D eigenvalue weighted by Gasteiger charge is 2.45. The molecule has 0 saturated carbocycles. The van der Waals surface area contributed by atoms with Crippen molar-refractivity contribution < 1.29 is 23.1 Å². The van der Waals surface area contributed by atoms with Crippen LogP contribution in [0.3, 0.4) is 0 Å². The van der Waals surface area contributed by atoms with E-state index in [1.165, 1.54) is 13.5 Å². The summed E-state index contributed by atoms with van der Waals surface area (Å²) in [6.45, 7) is 3.53. The molecular weight excluding hydrogens is 348 g/mol. The fourth-order valence-electron chi connectivity index (χ4n) is 3.54. The van der Waals surface area contributed by atoms with Gasteiger partial charge in [0.05, 0.1) is 0 Å². The highest BCUT2D eigenvalue weighted by Crippen LogP contribution is 2.33. The van der Waals surface area contributed by atoms with Crippen LogP contribution in [0, 0.1) is 0 Å². The van der Waals surface area contributed by atoms with Gasteiger partial charge in [-0.2, -0.15) is 17.0 Å². The van der Waals surface area contributed by atoms with Crippen molar-refractivity contribution >= 4 is 22.1 Å². The Kier molecular flexibility index (Phi) is 6.08. The second-order valence-electron chi connectivity index (χ2n) is 6.86. The van der Waals surface area contributed by atoms with Crippen molar-refractivity contribution in [3.05, 3.63) is 0 Å². The lowest BCUT2D eigenvalue weighted by molar-refractivity contribution is -0.144. The van der Waals surface area contributed by atoms with Crippen LogP contribution < -0.4 is 0 Å². The summed E-state index contributed by atoms with van der Waals surface area (Å²) in [5, 5.41) is 8.97. The molecule has 1 amide bonds. The highest BCUT2D eigenvalue weighted by molar-refractivity contribution is 7.86. The van der Waals surface area contributed by atoms with Crippen LogP contribution in [-0.2, 0) is 19.8 Å². The van der Waals surface area contributed by atoms with Gasteiger partial charge in [0.15, 0.2) is 0 Å². The number of piperazine rings is 1. The first-order valence-corrected chi connectivity index (χ1v) is 9.94. The van der Waals surface area contributed by atoms with E-state index < -0.39 is 21.7 Å². The van der Waals surface area contributed by atoms with Gasteiger partial charge in [-0.3, -0.25) is 14.5 Å². The monoisotopic (exact) mass is 376 g/mol. The molecule has 1 unspecified atom stereocenters. The van der Waals surface area contributed by atoms with Gasteiger partial charge in [0, 0.05) is 51.7 Å². The van der Waals surface area contributed by atoms with E-state index in [4.69, 9.17) is 5.11 Å². The van der Waals surface area contributed by atoms with Gasteiger partial charge in [0.1, 0.15) is 6.54 Å². The van der Waals surface area contributed by atoms with Crippen molar-refractivity contribution in [1.29, 1.82) is 0 Å². The molecule has 2 fully saturated rings. The van der Waals surface area contributed by atoms with Crippen molar-refractivity contribution in [2.24, 2.45) is 0 Å². The van der Waals surface area contributed by atoms with Gasteiger partial charge in [-0.15, -0.1) is 0 Å². The SMILES string of the molecule is CCN(C)S(=O)(=O)N1CCN(C)C2(CCC(=O)N(CC(=O)O)CC2)C1. The first-order chi connectivity index (χ1) is 11.6. The summed E-state index contributed by atoms with van der Waals surface area (Å²) in [6.07, 6.45) is 1.32. The summed E-state index contributed by atoms with van der Waals surface area (Å²) in [7, 11) is -0.0112. The second kappa shape index (κ2) is 7.56. The zero-order valence-corrected chi connectivity index (χ0v) is 16.0. The predicted molar refractivity (Wildman–Crippen MR) is 92.2 cm³/mol. The zero-order valence-electron chi connectivity index (χ0n) is 15.1. The van der Waals surface area contributed by atoms with Gasteiger partial charge in [0.2, 0.25) is 5.91 Å². The Morgan fingerprint density at radius 3 is 2.56 bits per heavy atom. The number of hydrogen-bond acceptors (Lipinski definition) is 5. The third-order valence-electron chi connectivity index (χ3n) is 5.46. The number of likely N-dealkylation sites (N-methyl/N-ethyl adjacent to an activating group) is 1. The van der Waals surface area contributed by atoms with E-state index in [1.54, 1.807) is 14.0 Å². The Morgan fingerprint density at radius 2 is 1.96 bits per heavy atom. The maximum absolute atomic E-state index is 12.7. The average molecular weight is 376 g/mol. The van der Waals surface area contributed by atoms with Crippen molar-refractivity contribution in [2.75, 3.05) is 53.4 Å². The van der Waals surface area contributed by atoms with E-state index in [0.29, 0.717) is 45.6 Å². The van der Waals surface area contributed by atoms with Crippen molar-refractivity contribution in [2.45, 2.75) is 31.7 Å². The molecule has 2 heterocycles. The van der Waals surface area contributed by atoms with Crippen LogP contribution in [-0.4, -0.2) is 103 Å². The molecule has 25 heavy (non-hydrogen) atoms. The molecule has 0 aromatic rings. The number of likely N-dealkylation sites (tertiary alicyclic amines) is 1. The number of rotatable bonds is 5. The minimum Gasteiger partial charge on any atom is -0.480 e. The van der Waals surface area contributed by atoms with E-state index in [0.717, 1.165) is 0 Å². The molecule has 2 aliphatic heterocycles. The average Bonchev–Trinajstić information content (AvgIpc) is 2.70. The van der Waals surface area contributed by atoms with Gasteiger partial charge < -0.3 is 10.0 Å². The molecule has 144 valence electrons. The molecule has 0 radical (unpaired) electrons. The maximum Gasteiger partial charge on any atom is 0.323 e. The largest absolute Gasteiger partial charge is 0.480 e. The fraction of sp³-hybridized carbons (Fsp3) is 0.867. The molecule has 1 N–H and O–H groups in total. The van der Waals surface area contributed by atoms with E-state index in [-0.39, 0.29) is 18.9 Å². The quantitative estimate of drug-likeness (QED) is 0.679. The summed E-state index contributed by atoms with van der Waals surface area (Å²) in [5.41, 5.74) is -0.442. The van der Waals surface area contributed by atoms with Crippen LogP contribution in [0.1, 0.15) is 26.2 Å². The Morgan fingerprint density at radius 1 is 1.28 bits per heavy atom. The Bertz CT molecular complexity index is 625. The van der Waals surface area contributed by atoms with Crippen LogP contribution in [0.15, 0.2) is 0 Å².